The summed E-state index contributed by atoms with van der Waals surface area (Å²) >= 11 is 0. The Morgan fingerprint density at radius 1 is 1.50 bits per heavy atom. The molecule has 0 saturated heterocycles. The van der Waals surface area contributed by atoms with E-state index < -0.39 is 0 Å². The number of ether oxygens (including phenoxy) is 1. The average Bonchev–Trinajstić information content (AvgIpc) is 2.17. The second kappa shape index (κ2) is 3.94. The van der Waals surface area contributed by atoms with Gasteiger partial charge in [0.2, 0.25) is 0 Å². The van der Waals surface area contributed by atoms with Crippen molar-refractivity contribution in [2.75, 3.05) is 0 Å². The van der Waals surface area contributed by atoms with Gasteiger partial charge in [0.05, 0.1) is 0 Å². The average molecular weight is 137 g/mol. The van der Waals surface area contributed by atoms with Crippen molar-refractivity contribution in [3.05, 3.63) is 0 Å². The lowest BCUT2D eigenvalue weighted by Crippen LogP contribution is -2.07. The van der Waals surface area contributed by atoms with E-state index in [0.717, 1.165) is 25.7 Å². The van der Waals surface area contributed by atoms with Crippen LogP contribution in [0.25, 0.3) is 0 Å². The number of hydrogen-bond donors (Lipinski definition) is 0. The summed E-state index contributed by atoms with van der Waals surface area (Å²) in [5.74, 6) is 5.78. The molecule has 0 amide bonds. The molecule has 1 aliphatic rings. The Bertz CT molecular complexity index is 164. The first kappa shape index (κ1) is 7.14. The van der Waals surface area contributed by atoms with E-state index in [2.05, 4.69) is 16.6 Å². The Balaban J connectivity index is 2.38. The van der Waals surface area contributed by atoms with Crippen molar-refractivity contribution in [1.29, 1.82) is 0 Å². The molecule has 0 bridgehead atoms. The van der Waals surface area contributed by atoms with Gasteiger partial charge in [0, 0.05) is 6.42 Å². The van der Waals surface area contributed by atoms with Gasteiger partial charge in [0.15, 0.2) is 6.10 Å². The van der Waals surface area contributed by atoms with E-state index in [1.54, 1.807) is 0 Å². The molecule has 0 spiro atoms. The first-order valence-corrected chi connectivity index (χ1v) is 3.44. The minimum absolute atomic E-state index is 0.194. The molecule has 53 valence electrons. The summed E-state index contributed by atoms with van der Waals surface area (Å²) in [7, 11) is 0. The zero-order valence-electron chi connectivity index (χ0n) is 5.72. The summed E-state index contributed by atoms with van der Waals surface area (Å²) in [4.78, 5) is 9.77. The van der Waals surface area contributed by atoms with Crippen LogP contribution in [-0.4, -0.2) is 12.6 Å². The topological polar surface area (TPSA) is 26.3 Å². The van der Waals surface area contributed by atoms with Gasteiger partial charge in [0.25, 0.3) is 0 Å². The molecule has 0 fully saturated rings. The quantitative estimate of drug-likeness (QED) is 0.531. The number of carbonyl (C=O) groups excluding carboxylic acids is 1. The smallest absolute Gasteiger partial charge is 0.418 e. The largest absolute Gasteiger partial charge is 0.441 e. The molecular formula is C8H9O2. The third kappa shape index (κ3) is 2.10. The lowest BCUT2D eigenvalue weighted by atomic mass is 10.2. The van der Waals surface area contributed by atoms with E-state index in [0.29, 0.717) is 0 Å². The zero-order valence-corrected chi connectivity index (χ0v) is 5.72. The van der Waals surface area contributed by atoms with E-state index in [-0.39, 0.29) is 6.10 Å². The highest BCUT2D eigenvalue weighted by atomic mass is 16.5. The highest BCUT2D eigenvalue weighted by Crippen LogP contribution is 2.08. The third-order valence-electron chi connectivity index (χ3n) is 1.47. The van der Waals surface area contributed by atoms with Gasteiger partial charge < -0.3 is 4.74 Å². The fourth-order valence-electron chi connectivity index (χ4n) is 0.948. The van der Waals surface area contributed by atoms with Crippen LogP contribution in [0.5, 0.6) is 0 Å². The summed E-state index contributed by atoms with van der Waals surface area (Å²) in [6.45, 7) is 1.41. The molecule has 2 heteroatoms. The minimum Gasteiger partial charge on any atom is -0.441 e. The molecule has 2 nitrogen and oxygen atoms in total. The molecule has 1 atom stereocenters. The van der Waals surface area contributed by atoms with Crippen molar-refractivity contribution in [3.8, 4) is 11.8 Å². The fraction of sp³-hybridized carbons (Fsp3) is 0.625. The molecule has 0 aliphatic heterocycles. The molecule has 0 N–H and O–H groups in total. The molecule has 0 aromatic rings. The Hall–Kier alpha value is -0.970. The maximum Gasteiger partial charge on any atom is 0.418 e. The standard InChI is InChI=1S/C8H9O2/c9-7-10-8-5-3-1-2-4-6-8/h8H,1-3,5H2. The molecule has 10 heavy (non-hydrogen) atoms. The second-order valence-electron chi connectivity index (χ2n) is 2.26. The van der Waals surface area contributed by atoms with Gasteiger partial charge in [-0.25, -0.2) is 4.79 Å². The van der Waals surface area contributed by atoms with Crippen LogP contribution in [0, 0.1) is 11.8 Å². The van der Waals surface area contributed by atoms with Crippen molar-refractivity contribution in [3.63, 3.8) is 0 Å². The predicted octanol–water partition coefficient (Wildman–Crippen LogP) is 1.02. The summed E-state index contributed by atoms with van der Waals surface area (Å²) in [6.07, 6.45) is 3.79. The second-order valence-corrected chi connectivity index (χ2v) is 2.26. The molecule has 0 heterocycles. The Morgan fingerprint density at radius 2 is 2.40 bits per heavy atom. The number of hydrogen-bond acceptors (Lipinski definition) is 2. The third-order valence-corrected chi connectivity index (χ3v) is 1.47. The van der Waals surface area contributed by atoms with E-state index in [1.807, 2.05) is 0 Å². The summed E-state index contributed by atoms with van der Waals surface area (Å²) in [5, 5.41) is 0. The highest BCUT2D eigenvalue weighted by Gasteiger charge is 2.06. The predicted molar refractivity (Wildman–Crippen MR) is 36.8 cm³/mol. The van der Waals surface area contributed by atoms with Gasteiger partial charge in [-0.05, 0) is 19.3 Å². The van der Waals surface area contributed by atoms with Gasteiger partial charge in [-0.3, -0.25) is 0 Å². The Labute approximate surface area is 60.6 Å². The van der Waals surface area contributed by atoms with Crippen molar-refractivity contribution in [2.24, 2.45) is 0 Å². The van der Waals surface area contributed by atoms with Crippen LogP contribution in [0.1, 0.15) is 25.7 Å². The van der Waals surface area contributed by atoms with Gasteiger partial charge in [-0.15, -0.1) is 0 Å². The van der Waals surface area contributed by atoms with Crippen LogP contribution in [0.15, 0.2) is 0 Å². The maximum absolute atomic E-state index is 9.77. The first-order chi connectivity index (χ1) is 4.93. The van der Waals surface area contributed by atoms with Crippen molar-refractivity contribution < 1.29 is 9.53 Å². The lowest BCUT2D eigenvalue weighted by Gasteiger charge is -2.03. The van der Waals surface area contributed by atoms with Crippen LogP contribution >= 0.6 is 0 Å². The van der Waals surface area contributed by atoms with Gasteiger partial charge in [-0.1, -0.05) is 11.8 Å². The molecule has 1 rings (SSSR count). The summed E-state index contributed by atoms with van der Waals surface area (Å²) in [6, 6.07) is 0. The van der Waals surface area contributed by atoms with E-state index in [4.69, 9.17) is 0 Å². The Kier molecular flexibility index (Phi) is 2.82. The summed E-state index contributed by atoms with van der Waals surface area (Å²) in [5.41, 5.74) is 0. The molecule has 0 aromatic heterocycles. The van der Waals surface area contributed by atoms with E-state index in [9.17, 15) is 4.79 Å². The van der Waals surface area contributed by atoms with Gasteiger partial charge in [0.1, 0.15) is 0 Å². The Morgan fingerprint density at radius 3 is 3.20 bits per heavy atom. The maximum atomic E-state index is 9.77. The van der Waals surface area contributed by atoms with Gasteiger partial charge in [-0.2, -0.15) is 0 Å². The molecular weight excluding hydrogens is 128 g/mol. The first-order valence-electron chi connectivity index (χ1n) is 3.44. The van der Waals surface area contributed by atoms with Crippen molar-refractivity contribution in [1.82, 2.24) is 0 Å². The molecule has 0 aromatic carbocycles. The SMILES string of the molecule is O=[C]OC1C#CCCCC1. The van der Waals surface area contributed by atoms with Crippen LogP contribution in [-0.2, 0) is 9.53 Å². The lowest BCUT2D eigenvalue weighted by molar-refractivity contribution is 0.216. The monoisotopic (exact) mass is 137 g/mol. The van der Waals surface area contributed by atoms with Crippen LogP contribution < -0.4 is 0 Å². The molecule has 1 radical (unpaired) electrons. The summed E-state index contributed by atoms with van der Waals surface area (Å²) < 4.78 is 4.58. The molecule has 1 unspecified atom stereocenters. The van der Waals surface area contributed by atoms with Crippen LogP contribution in [0.4, 0.5) is 0 Å². The minimum atomic E-state index is -0.194. The highest BCUT2D eigenvalue weighted by molar-refractivity contribution is 5.39. The van der Waals surface area contributed by atoms with Gasteiger partial charge >= 0.3 is 6.47 Å². The molecule has 1 aliphatic carbocycles. The fourth-order valence-corrected chi connectivity index (χ4v) is 0.948. The van der Waals surface area contributed by atoms with Crippen molar-refractivity contribution in [2.45, 2.75) is 31.8 Å². The van der Waals surface area contributed by atoms with Crippen molar-refractivity contribution >= 4 is 6.47 Å². The normalized spacial score (nSPS) is 23.8. The molecule has 0 saturated carbocycles. The van der Waals surface area contributed by atoms with E-state index >= 15 is 0 Å². The van der Waals surface area contributed by atoms with Crippen LogP contribution in [0.2, 0.25) is 0 Å². The zero-order chi connectivity index (χ0) is 7.23. The number of rotatable bonds is 2. The van der Waals surface area contributed by atoms with E-state index in [1.165, 1.54) is 6.47 Å². The van der Waals surface area contributed by atoms with Crippen LogP contribution in [0.3, 0.4) is 0 Å².